The molecule has 1 amide bonds. The summed E-state index contributed by atoms with van der Waals surface area (Å²) in [4.78, 5) is 32.3. The van der Waals surface area contributed by atoms with Crippen molar-refractivity contribution in [2.45, 2.75) is 66.1 Å². The molecule has 0 radical (unpaired) electrons. The third-order valence-corrected chi connectivity index (χ3v) is 19.0. The topological polar surface area (TPSA) is 193 Å². The molecule has 2 aliphatic heterocycles. The second-order valence-corrected chi connectivity index (χ2v) is 25.9. The number of hydrogen-bond donors (Lipinski definition) is 2. The van der Waals surface area contributed by atoms with Crippen LogP contribution in [-0.2, 0) is 49.5 Å². The van der Waals surface area contributed by atoms with Crippen LogP contribution in [0.5, 0.6) is 0 Å². The standard InChI is InChI=1S/C53H63ClF3N6O11PS3/c1-4-72-75(66,73-38-71-52(65)74-39(2)3)37-62-28-26-60(27-29-62)25-24-44(36-76-46-11-6-5-7-12-46)58-49-23-22-47(34-50(49)77(67,68)53(55,56)57)78(69,70)59-51(64)41-16-20-45(21-17-41)63-32-30-61(31-33-63)35-42-10-8-9-13-48(42)40-14-18-43(54)19-15-40/h5-23,34,39,44,58H,4,24-33,35-38H2,1-3H3,(H,59,64). The Kier molecular flexibility index (Phi) is 21.2. The van der Waals surface area contributed by atoms with Crippen molar-refractivity contribution in [3.8, 4) is 11.1 Å². The number of benzene rings is 5. The van der Waals surface area contributed by atoms with Crippen molar-refractivity contribution in [1.29, 1.82) is 0 Å². The molecule has 2 aliphatic rings. The van der Waals surface area contributed by atoms with Gasteiger partial charge < -0.3 is 29.1 Å². The first-order chi connectivity index (χ1) is 37.1. The number of halogens is 4. The summed E-state index contributed by atoms with van der Waals surface area (Å²) >= 11 is 7.51. The SMILES string of the molecule is CCOP(=O)(CN1CCN(CCC(CSc2ccccc2)Nc2ccc(S(=O)(=O)NC(=O)c3ccc(N4CCN(Cc5ccccc5-c5ccc(Cl)cc5)CC4)cc3)cc2S(=O)(=O)C(F)(F)F)CC1)OCOC(=O)OC(C)C. The number of anilines is 2. The van der Waals surface area contributed by atoms with Gasteiger partial charge in [-0.3, -0.25) is 23.7 Å². The Balaban J connectivity index is 0.986. The van der Waals surface area contributed by atoms with E-state index in [1.807, 2.05) is 76.4 Å². The van der Waals surface area contributed by atoms with Crippen LogP contribution < -0.4 is 14.9 Å². The number of carbonyl (C=O) groups is 2. The first-order valence-electron chi connectivity index (χ1n) is 25.2. The zero-order chi connectivity index (χ0) is 56.1. The summed E-state index contributed by atoms with van der Waals surface area (Å²) in [5.74, 6) is -0.803. The van der Waals surface area contributed by atoms with Gasteiger partial charge in [0.15, 0.2) is 0 Å². The zero-order valence-corrected chi connectivity index (χ0v) is 47.4. The third kappa shape index (κ3) is 16.9. The van der Waals surface area contributed by atoms with E-state index in [2.05, 4.69) is 32.1 Å². The number of carbonyl (C=O) groups excluding carboxylic acids is 2. The van der Waals surface area contributed by atoms with Crippen molar-refractivity contribution < 1.29 is 62.7 Å². The minimum Gasteiger partial charge on any atom is -0.432 e. The molecule has 0 bridgehead atoms. The van der Waals surface area contributed by atoms with Gasteiger partial charge in [-0.05, 0) is 111 Å². The lowest BCUT2D eigenvalue weighted by Gasteiger charge is -2.36. The van der Waals surface area contributed by atoms with Gasteiger partial charge in [0, 0.05) is 98.4 Å². The number of piperazine rings is 2. The highest BCUT2D eigenvalue weighted by Crippen LogP contribution is 2.49. The fraction of sp³-hybridized carbons (Fsp3) is 0.396. The maximum atomic E-state index is 14.4. The van der Waals surface area contributed by atoms with Crippen LogP contribution in [0, 0.1) is 0 Å². The van der Waals surface area contributed by atoms with E-state index in [-0.39, 0.29) is 24.2 Å². The van der Waals surface area contributed by atoms with Gasteiger partial charge in [-0.1, -0.05) is 66.2 Å². The highest BCUT2D eigenvalue weighted by molar-refractivity contribution is 7.99. The Hall–Kier alpha value is -5.20. The van der Waals surface area contributed by atoms with Gasteiger partial charge in [0.1, 0.15) is 11.2 Å². The molecule has 17 nitrogen and oxygen atoms in total. The quantitative estimate of drug-likeness (QED) is 0.0256. The monoisotopic (exact) mass is 1180 g/mol. The van der Waals surface area contributed by atoms with Crippen LogP contribution in [0.2, 0.25) is 5.02 Å². The van der Waals surface area contributed by atoms with E-state index in [1.165, 1.54) is 29.5 Å². The molecule has 0 saturated carbocycles. The number of nitrogens with zero attached hydrogens (tertiary/aromatic N) is 4. The second-order valence-electron chi connectivity index (χ2n) is 18.7. The van der Waals surface area contributed by atoms with Crippen LogP contribution in [0.15, 0.2) is 136 Å². The van der Waals surface area contributed by atoms with Crippen LogP contribution in [0.25, 0.3) is 11.1 Å². The molecule has 0 spiro atoms. The molecule has 2 N–H and O–H groups in total. The lowest BCUT2D eigenvalue weighted by molar-refractivity contribution is -0.0436. The van der Waals surface area contributed by atoms with Crippen LogP contribution in [-0.4, -0.2) is 146 Å². The van der Waals surface area contributed by atoms with Crippen molar-refractivity contribution in [3.63, 3.8) is 0 Å². The van der Waals surface area contributed by atoms with E-state index in [0.29, 0.717) is 63.3 Å². The molecule has 2 atom stereocenters. The lowest BCUT2D eigenvalue weighted by Crippen LogP contribution is -2.47. The molecule has 2 saturated heterocycles. The van der Waals surface area contributed by atoms with E-state index in [4.69, 9.17) is 30.1 Å². The molecular formula is C53H63ClF3N6O11PS3. The van der Waals surface area contributed by atoms with Crippen LogP contribution in [0.1, 0.15) is 43.1 Å². The summed E-state index contributed by atoms with van der Waals surface area (Å²) in [5.41, 5.74) is -2.17. The molecule has 25 heteroatoms. The van der Waals surface area contributed by atoms with Gasteiger partial charge in [0.2, 0.25) is 6.79 Å². The smallest absolute Gasteiger partial charge is 0.432 e. The number of thioether (sulfide) groups is 1. The largest absolute Gasteiger partial charge is 0.510 e. The number of rotatable bonds is 24. The van der Waals surface area contributed by atoms with Crippen molar-refractivity contribution >= 4 is 74.3 Å². The van der Waals surface area contributed by atoms with Crippen molar-refractivity contribution in [1.82, 2.24) is 19.4 Å². The Morgan fingerprint density at radius 2 is 1.42 bits per heavy atom. The fourth-order valence-corrected chi connectivity index (χ4v) is 13.5. The number of alkyl halides is 3. The zero-order valence-electron chi connectivity index (χ0n) is 43.3. The summed E-state index contributed by atoms with van der Waals surface area (Å²) in [6.45, 7) is 10.2. The van der Waals surface area contributed by atoms with Crippen molar-refractivity contribution in [3.05, 3.63) is 137 Å². The molecular weight excluding hydrogens is 1120 g/mol. The van der Waals surface area contributed by atoms with E-state index in [0.717, 1.165) is 53.5 Å². The predicted molar refractivity (Wildman–Crippen MR) is 295 cm³/mol. The molecule has 2 fully saturated rings. The Morgan fingerprint density at radius 3 is 2.08 bits per heavy atom. The van der Waals surface area contributed by atoms with Crippen LogP contribution in [0.3, 0.4) is 0 Å². The normalized spacial score (nSPS) is 16.3. The summed E-state index contributed by atoms with van der Waals surface area (Å²) in [6.07, 6.45) is -1.19. The Labute approximate surface area is 463 Å². The lowest BCUT2D eigenvalue weighted by atomic mass is 9.99. The van der Waals surface area contributed by atoms with Crippen molar-refractivity contribution in [2.24, 2.45) is 0 Å². The summed E-state index contributed by atoms with van der Waals surface area (Å²) in [7, 11) is -14.8. The number of nitrogens with one attached hydrogen (secondary N) is 2. The Bertz CT molecular complexity index is 3080. The second kappa shape index (κ2) is 27.3. The van der Waals surface area contributed by atoms with Gasteiger partial charge in [0.05, 0.1) is 23.3 Å². The minimum atomic E-state index is -6.16. The average Bonchev–Trinajstić information content (AvgIpc) is 3.45. The highest BCUT2D eigenvalue weighted by Gasteiger charge is 2.48. The number of sulfone groups is 1. The van der Waals surface area contributed by atoms with Crippen LogP contribution >= 0.6 is 31.0 Å². The summed E-state index contributed by atoms with van der Waals surface area (Å²) in [5, 5.41) is 3.65. The third-order valence-electron chi connectivity index (χ3n) is 12.8. The minimum absolute atomic E-state index is 0.0476. The fourth-order valence-electron chi connectivity index (χ4n) is 8.74. The molecule has 5 aromatic carbocycles. The summed E-state index contributed by atoms with van der Waals surface area (Å²) in [6, 6.07) is 33.0. The van der Waals surface area contributed by atoms with Gasteiger partial charge in [-0.2, -0.15) is 13.2 Å². The number of amides is 1. The molecule has 0 aliphatic carbocycles. The first-order valence-corrected chi connectivity index (χ1v) is 31.2. The molecule has 0 aromatic heterocycles. The molecule has 422 valence electrons. The highest BCUT2D eigenvalue weighted by atomic mass is 35.5. The van der Waals surface area contributed by atoms with Gasteiger partial charge in [-0.25, -0.2) is 26.4 Å². The van der Waals surface area contributed by atoms with Gasteiger partial charge in [-0.15, -0.1) is 11.8 Å². The molecule has 2 heterocycles. The summed E-state index contributed by atoms with van der Waals surface area (Å²) < 4.78 is 133. The van der Waals surface area contributed by atoms with E-state index < -0.39 is 79.4 Å². The number of sulfonamides is 1. The van der Waals surface area contributed by atoms with E-state index in [9.17, 15) is 44.2 Å². The van der Waals surface area contributed by atoms with Crippen LogP contribution in [0.4, 0.5) is 29.3 Å². The van der Waals surface area contributed by atoms with Crippen molar-refractivity contribution in [2.75, 3.05) is 94.6 Å². The average molecular weight is 1180 g/mol. The molecule has 5 aromatic rings. The molecule has 7 rings (SSSR count). The number of hydrogen-bond acceptors (Lipinski definition) is 17. The predicted octanol–water partition coefficient (Wildman–Crippen LogP) is 10.0. The Morgan fingerprint density at radius 1 is 0.782 bits per heavy atom. The van der Waals surface area contributed by atoms with Gasteiger partial charge in [0.25, 0.3) is 25.8 Å². The van der Waals surface area contributed by atoms with E-state index in [1.54, 1.807) is 32.9 Å². The molecule has 2 unspecified atom stereocenters. The van der Waals surface area contributed by atoms with E-state index >= 15 is 0 Å². The maximum Gasteiger partial charge on any atom is 0.510 e. The maximum absolute atomic E-state index is 14.4. The molecule has 78 heavy (non-hydrogen) atoms. The first kappa shape index (κ1) is 60.4. The number of ether oxygens (including phenoxy) is 2. The van der Waals surface area contributed by atoms with Gasteiger partial charge >= 0.3 is 19.3 Å².